The van der Waals surface area contributed by atoms with Crippen molar-refractivity contribution in [2.24, 2.45) is 0 Å². The molecule has 0 amide bonds. The van der Waals surface area contributed by atoms with Crippen LogP contribution in [0.25, 0.3) is 0 Å². The SMILES string of the molecule is [CH2]C(=O)O. The van der Waals surface area contributed by atoms with Crippen molar-refractivity contribution >= 4 is 5.97 Å². The molecule has 23 valence electrons. The van der Waals surface area contributed by atoms with Gasteiger partial charge in [-0.1, -0.05) is 0 Å². The van der Waals surface area contributed by atoms with Gasteiger partial charge < -0.3 is 5.11 Å². The first-order valence-corrected chi connectivity index (χ1v) is 0.781. The normalized spacial score (nSPS) is 6.25. The van der Waals surface area contributed by atoms with E-state index in [2.05, 4.69) is 6.92 Å². The lowest BCUT2D eigenvalue weighted by Crippen LogP contribution is -1.79. The fraction of sp³-hybridized carbons (Fsp3) is 0. The quantitative estimate of drug-likeness (QED) is 0.423. The van der Waals surface area contributed by atoms with Crippen molar-refractivity contribution in [1.29, 1.82) is 0 Å². The van der Waals surface area contributed by atoms with Crippen molar-refractivity contribution in [1.82, 2.24) is 0 Å². The first-order chi connectivity index (χ1) is 1.73. The molecule has 0 atom stereocenters. The highest BCUT2D eigenvalue weighted by Gasteiger charge is 1.66. The van der Waals surface area contributed by atoms with Crippen molar-refractivity contribution in [3.8, 4) is 0 Å². The summed E-state index contributed by atoms with van der Waals surface area (Å²) in [6, 6.07) is 0. The Morgan fingerprint density at radius 1 is 2.00 bits per heavy atom. The summed E-state index contributed by atoms with van der Waals surface area (Å²) in [5, 5.41) is 7.31. The lowest BCUT2D eigenvalue weighted by molar-refractivity contribution is -0.131. The van der Waals surface area contributed by atoms with E-state index >= 15 is 0 Å². The molecule has 0 fully saturated rings. The van der Waals surface area contributed by atoms with Gasteiger partial charge in [0.1, 0.15) is 0 Å². The van der Waals surface area contributed by atoms with E-state index in [0.717, 1.165) is 0 Å². The van der Waals surface area contributed by atoms with Crippen LogP contribution in [0, 0.1) is 6.92 Å². The molecule has 2 nitrogen and oxygen atoms in total. The molecule has 1 N–H and O–H groups in total. The summed E-state index contributed by atoms with van der Waals surface area (Å²) < 4.78 is 0. The van der Waals surface area contributed by atoms with E-state index < -0.39 is 5.97 Å². The van der Waals surface area contributed by atoms with Crippen LogP contribution in [0.1, 0.15) is 0 Å². The van der Waals surface area contributed by atoms with E-state index in [0.29, 0.717) is 0 Å². The minimum absolute atomic E-state index is 1.08. The van der Waals surface area contributed by atoms with Gasteiger partial charge in [-0.3, -0.25) is 4.79 Å². The van der Waals surface area contributed by atoms with Gasteiger partial charge in [0.2, 0.25) is 0 Å². The summed E-state index contributed by atoms with van der Waals surface area (Å²) in [6.07, 6.45) is 0. The predicted octanol–water partition coefficient (Wildman–Crippen LogP) is -0.0949. The van der Waals surface area contributed by atoms with Crippen LogP contribution in [0.3, 0.4) is 0 Å². The number of hydrogen-bond donors (Lipinski definition) is 1. The van der Waals surface area contributed by atoms with Crippen LogP contribution in [0.5, 0.6) is 0 Å². The summed E-state index contributed by atoms with van der Waals surface area (Å²) in [5.74, 6) is -1.08. The summed E-state index contributed by atoms with van der Waals surface area (Å²) in [5.41, 5.74) is 0. The molecular formula is C2H3O2. The Kier molecular flexibility index (Phi) is 0.759. The van der Waals surface area contributed by atoms with Crippen molar-refractivity contribution in [2.45, 2.75) is 0 Å². The Bertz CT molecular complexity index is 27.0. The first-order valence-electron chi connectivity index (χ1n) is 0.781. The molecule has 0 unspecified atom stereocenters. The Hall–Kier alpha value is -0.530. The number of rotatable bonds is 0. The molecule has 0 bridgehead atoms. The Balaban J connectivity index is 2.80. The number of carboxylic acid groups (broad SMARTS) is 1. The fourth-order valence-electron chi connectivity index (χ4n) is 0. The molecule has 0 spiro atoms. The van der Waals surface area contributed by atoms with Crippen LogP contribution >= 0.6 is 0 Å². The molecule has 0 saturated heterocycles. The van der Waals surface area contributed by atoms with Crippen molar-refractivity contribution in [2.75, 3.05) is 0 Å². The Morgan fingerprint density at radius 2 is 2.00 bits per heavy atom. The average Bonchev–Trinajstić information content (AvgIpc) is 0.811. The largest absolute Gasteiger partial charge is 0.481 e. The van der Waals surface area contributed by atoms with E-state index in [1.165, 1.54) is 0 Å². The molecule has 0 aliphatic carbocycles. The van der Waals surface area contributed by atoms with E-state index in [4.69, 9.17) is 9.90 Å². The lowest BCUT2D eigenvalue weighted by atomic mass is 10.9. The van der Waals surface area contributed by atoms with Crippen LogP contribution in [0.4, 0.5) is 0 Å². The van der Waals surface area contributed by atoms with E-state index in [1.54, 1.807) is 0 Å². The molecule has 0 heterocycles. The summed E-state index contributed by atoms with van der Waals surface area (Å²) >= 11 is 0. The maximum absolute atomic E-state index is 8.89. The predicted molar refractivity (Wildman–Crippen MR) is 13.0 cm³/mol. The number of carbonyl (C=O) groups is 1. The monoisotopic (exact) mass is 59.0 g/mol. The minimum atomic E-state index is -1.08. The molecule has 0 aromatic carbocycles. The van der Waals surface area contributed by atoms with Crippen molar-refractivity contribution in [3.05, 3.63) is 6.92 Å². The molecular weight excluding hydrogens is 56.0 g/mol. The van der Waals surface area contributed by atoms with Gasteiger partial charge in [-0.15, -0.1) is 0 Å². The number of aliphatic carboxylic acids is 1. The third kappa shape index (κ3) is 1.16. The minimum Gasteiger partial charge on any atom is -0.481 e. The highest BCUT2D eigenvalue weighted by Crippen LogP contribution is 1.40. The second kappa shape index (κ2) is 0.875. The summed E-state index contributed by atoms with van der Waals surface area (Å²) in [7, 11) is 0. The van der Waals surface area contributed by atoms with E-state index in [9.17, 15) is 0 Å². The molecule has 0 aliphatic rings. The maximum Gasteiger partial charge on any atom is 0.303 e. The van der Waals surface area contributed by atoms with Gasteiger partial charge in [-0.05, 0) is 0 Å². The molecule has 0 aromatic heterocycles. The van der Waals surface area contributed by atoms with E-state index in [1.807, 2.05) is 0 Å². The molecule has 4 heavy (non-hydrogen) atoms. The zero-order valence-electron chi connectivity index (χ0n) is 2.06. The van der Waals surface area contributed by atoms with Gasteiger partial charge in [0.25, 0.3) is 0 Å². The first kappa shape index (κ1) is 3.47. The Morgan fingerprint density at radius 3 is 2.00 bits per heavy atom. The molecule has 2 heteroatoms. The number of hydrogen-bond acceptors (Lipinski definition) is 1. The van der Waals surface area contributed by atoms with Gasteiger partial charge in [0.05, 0.1) is 6.92 Å². The topological polar surface area (TPSA) is 37.3 Å². The molecule has 1 radical (unpaired) electrons. The van der Waals surface area contributed by atoms with Gasteiger partial charge in [-0.2, -0.15) is 0 Å². The molecule has 0 saturated carbocycles. The lowest BCUT2D eigenvalue weighted by Gasteiger charge is -1.58. The Labute approximate surface area is 24.1 Å². The standard InChI is InChI=1S/C2H3O2/c1-2(3)4/h1H2,(H,3,4). The second-order valence-electron chi connectivity index (χ2n) is 0.394. The number of carboxylic acids is 1. The van der Waals surface area contributed by atoms with Crippen LogP contribution in [-0.2, 0) is 4.79 Å². The highest BCUT2D eigenvalue weighted by atomic mass is 16.4. The molecule has 0 aromatic rings. The van der Waals surface area contributed by atoms with Crippen LogP contribution < -0.4 is 0 Å². The fourth-order valence-corrected chi connectivity index (χ4v) is 0. The molecule has 0 rings (SSSR count). The maximum atomic E-state index is 8.89. The van der Waals surface area contributed by atoms with Crippen molar-refractivity contribution < 1.29 is 9.90 Å². The van der Waals surface area contributed by atoms with Crippen LogP contribution in [0.2, 0.25) is 0 Å². The molecule has 0 aliphatic heterocycles. The van der Waals surface area contributed by atoms with Gasteiger partial charge >= 0.3 is 5.97 Å². The smallest absolute Gasteiger partial charge is 0.303 e. The highest BCUT2D eigenvalue weighted by molar-refractivity contribution is 5.71. The van der Waals surface area contributed by atoms with Crippen molar-refractivity contribution in [3.63, 3.8) is 0 Å². The van der Waals surface area contributed by atoms with Crippen LogP contribution in [0.15, 0.2) is 0 Å². The average molecular weight is 59.0 g/mol. The van der Waals surface area contributed by atoms with Gasteiger partial charge in [0, 0.05) is 0 Å². The summed E-state index contributed by atoms with van der Waals surface area (Å²) in [4.78, 5) is 8.89. The zero-order valence-corrected chi connectivity index (χ0v) is 2.06. The second-order valence-corrected chi connectivity index (χ2v) is 0.394. The van der Waals surface area contributed by atoms with E-state index in [-0.39, 0.29) is 0 Å². The third-order valence-corrected chi connectivity index (χ3v) is 0. The zero-order chi connectivity index (χ0) is 3.58. The van der Waals surface area contributed by atoms with Gasteiger partial charge in [-0.25, -0.2) is 0 Å². The van der Waals surface area contributed by atoms with Crippen LogP contribution in [-0.4, -0.2) is 11.1 Å². The van der Waals surface area contributed by atoms with Gasteiger partial charge in [0.15, 0.2) is 0 Å². The summed E-state index contributed by atoms with van der Waals surface area (Å²) in [6.45, 7) is 2.56. The third-order valence-electron chi connectivity index (χ3n) is 0.